The minimum absolute atomic E-state index is 0.121. The SMILES string of the molecule is Cn1cc(-c2nc(C3CC3)c(C(=O)N3CCc4[nH]cnc4[C@H]3c3cc4c(C(F)F)cccn4n3)o2)cn1. The van der Waals surface area contributed by atoms with Gasteiger partial charge in [0.25, 0.3) is 12.3 Å². The van der Waals surface area contributed by atoms with Crippen molar-refractivity contribution in [2.24, 2.45) is 7.05 Å². The van der Waals surface area contributed by atoms with Crippen LogP contribution >= 0.6 is 0 Å². The fourth-order valence-electron chi connectivity index (χ4n) is 5.07. The second kappa shape index (κ2) is 8.08. The predicted octanol–water partition coefficient (Wildman–Crippen LogP) is 4.05. The fourth-order valence-corrected chi connectivity index (χ4v) is 5.07. The first kappa shape index (κ1) is 21.9. The number of aryl methyl sites for hydroxylation is 1. The van der Waals surface area contributed by atoms with E-state index in [1.54, 1.807) is 47.6 Å². The van der Waals surface area contributed by atoms with Gasteiger partial charge in [0.15, 0.2) is 0 Å². The van der Waals surface area contributed by atoms with Crippen LogP contribution in [-0.4, -0.2) is 51.7 Å². The first-order chi connectivity index (χ1) is 18.0. The van der Waals surface area contributed by atoms with Crippen LogP contribution in [0.4, 0.5) is 8.78 Å². The van der Waals surface area contributed by atoms with E-state index in [-0.39, 0.29) is 23.1 Å². The lowest BCUT2D eigenvalue weighted by molar-refractivity contribution is 0.0653. The van der Waals surface area contributed by atoms with Crippen LogP contribution in [0.25, 0.3) is 17.0 Å². The maximum atomic E-state index is 14.1. The van der Waals surface area contributed by atoms with E-state index in [1.165, 1.54) is 16.6 Å². The van der Waals surface area contributed by atoms with E-state index < -0.39 is 12.5 Å². The minimum atomic E-state index is -2.65. The van der Waals surface area contributed by atoms with E-state index in [4.69, 9.17) is 4.42 Å². The molecule has 6 heterocycles. The van der Waals surface area contributed by atoms with Crippen LogP contribution < -0.4 is 0 Å². The Morgan fingerprint density at radius 2 is 2.14 bits per heavy atom. The topological polar surface area (TPSA) is 110 Å². The molecule has 2 aliphatic rings. The molecule has 1 N–H and O–H groups in total. The van der Waals surface area contributed by atoms with Gasteiger partial charge in [-0.15, -0.1) is 0 Å². The standard InChI is InChI=1S/C25H22F2N8O2/c1-33-11-14(10-30-33)24-31-19(13-4-5-13)22(37-24)25(36)34-8-6-16-20(29-12-28-16)21(34)17-9-18-15(23(26)27)3-2-7-35(18)32-17/h2-3,7,9-13,21,23H,4-6,8H2,1H3,(H,28,29)/t21-/m1/s1. The van der Waals surface area contributed by atoms with Crippen LogP contribution in [0, 0.1) is 0 Å². The van der Waals surface area contributed by atoms with Gasteiger partial charge in [-0.05, 0) is 31.0 Å². The molecule has 0 saturated heterocycles. The number of alkyl halides is 2. The van der Waals surface area contributed by atoms with Crippen LogP contribution in [0.1, 0.15) is 70.1 Å². The van der Waals surface area contributed by atoms with E-state index in [0.717, 1.165) is 18.5 Å². The number of carbonyl (C=O) groups is 1. The van der Waals surface area contributed by atoms with Crippen molar-refractivity contribution in [1.29, 1.82) is 0 Å². The van der Waals surface area contributed by atoms with Crippen molar-refractivity contribution in [3.63, 3.8) is 0 Å². The number of nitrogens with zero attached hydrogens (tertiary/aromatic N) is 7. The smallest absolute Gasteiger partial charge is 0.292 e. The summed E-state index contributed by atoms with van der Waals surface area (Å²) in [6.07, 6.45) is 6.42. The largest absolute Gasteiger partial charge is 0.430 e. The summed E-state index contributed by atoms with van der Waals surface area (Å²) in [7, 11) is 1.80. The highest BCUT2D eigenvalue weighted by Gasteiger charge is 2.41. The van der Waals surface area contributed by atoms with Crippen molar-refractivity contribution in [3.05, 3.63) is 77.2 Å². The van der Waals surface area contributed by atoms with E-state index in [2.05, 4.69) is 25.1 Å². The van der Waals surface area contributed by atoms with Gasteiger partial charge in [0.2, 0.25) is 11.7 Å². The van der Waals surface area contributed by atoms with Gasteiger partial charge in [-0.1, -0.05) is 0 Å². The van der Waals surface area contributed by atoms with Crippen LogP contribution in [0.2, 0.25) is 0 Å². The molecule has 1 fully saturated rings. The Kier molecular flexibility index (Phi) is 4.78. The maximum absolute atomic E-state index is 14.1. The van der Waals surface area contributed by atoms with Crippen LogP contribution in [-0.2, 0) is 13.5 Å². The molecule has 1 aliphatic carbocycles. The number of aromatic amines is 1. The normalized spacial score (nSPS) is 17.6. The summed E-state index contributed by atoms with van der Waals surface area (Å²) in [5, 5.41) is 8.77. The molecule has 5 aromatic rings. The van der Waals surface area contributed by atoms with Crippen LogP contribution in [0.3, 0.4) is 0 Å². The molecule has 7 rings (SSSR count). The zero-order valence-corrected chi connectivity index (χ0v) is 19.8. The molecule has 188 valence electrons. The monoisotopic (exact) mass is 504 g/mol. The lowest BCUT2D eigenvalue weighted by Gasteiger charge is -2.33. The highest BCUT2D eigenvalue weighted by molar-refractivity contribution is 5.94. The third-order valence-electron chi connectivity index (χ3n) is 7.02. The number of fused-ring (bicyclic) bond motifs is 2. The molecule has 0 bridgehead atoms. The number of H-pyrrole nitrogens is 1. The second-order valence-electron chi connectivity index (χ2n) is 9.49. The molecule has 1 saturated carbocycles. The second-order valence-corrected chi connectivity index (χ2v) is 9.49. The van der Waals surface area contributed by atoms with E-state index in [0.29, 0.717) is 47.0 Å². The van der Waals surface area contributed by atoms with Gasteiger partial charge < -0.3 is 14.3 Å². The van der Waals surface area contributed by atoms with Crippen LogP contribution in [0.15, 0.2) is 47.5 Å². The molecule has 5 aromatic heterocycles. The third-order valence-corrected chi connectivity index (χ3v) is 7.02. The molecule has 37 heavy (non-hydrogen) atoms. The van der Waals surface area contributed by atoms with Gasteiger partial charge in [0.05, 0.1) is 40.7 Å². The number of hydrogen-bond donors (Lipinski definition) is 1. The van der Waals surface area contributed by atoms with Crippen molar-refractivity contribution < 1.29 is 18.0 Å². The Hall–Kier alpha value is -4.35. The van der Waals surface area contributed by atoms with Crippen molar-refractivity contribution >= 4 is 11.4 Å². The molecular formula is C25H22F2N8O2. The zero-order valence-electron chi connectivity index (χ0n) is 19.8. The Balaban J connectivity index is 1.33. The van der Waals surface area contributed by atoms with Gasteiger partial charge in [-0.3, -0.25) is 9.48 Å². The first-order valence-corrected chi connectivity index (χ1v) is 12.1. The summed E-state index contributed by atoms with van der Waals surface area (Å²) in [6.45, 7) is 0.376. The minimum Gasteiger partial charge on any atom is -0.430 e. The number of rotatable bonds is 5. The Morgan fingerprint density at radius 3 is 2.89 bits per heavy atom. The molecule has 1 aliphatic heterocycles. The molecule has 12 heteroatoms. The molecule has 0 aromatic carbocycles. The number of nitrogens with one attached hydrogen (secondary N) is 1. The first-order valence-electron chi connectivity index (χ1n) is 12.1. The number of hydrogen-bond acceptors (Lipinski definition) is 6. The summed E-state index contributed by atoms with van der Waals surface area (Å²) >= 11 is 0. The molecule has 0 spiro atoms. The fraction of sp³-hybridized carbons (Fsp3) is 0.320. The van der Waals surface area contributed by atoms with Crippen molar-refractivity contribution in [1.82, 2.24) is 39.2 Å². The van der Waals surface area contributed by atoms with E-state index >= 15 is 0 Å². The number of oxazole rings is 1. The molecule has 1 amide bonds. The number of imidazole rings is 1. The van der Waals surface area contributed by atoms with Gasteiger partial charge in [-0.2, -0.15) is 10.2 Å². The Morgan fingerprint density at radius 1 is 1.27 bits per heavy atom. The summed E-state index contributed by atoms with van der Waals surface area (Å²) in [5.74, 6) is 0.388. The summed E-state index contributed by atoms with van der Waals surface area (Å²) < 4.78 is 36.5. The molecule has 0 unspecified atom stereocenters. The van der Waals surface area contributed by atoms with Gasteiger partial charge in [-0.25, -0.2) is 23.3 Å². The summed E-state index contributed by atoms with van der Waals surface area (Å²) in [4.78, 5) is 28.1. The highest BCUT2D eigenvalue weighted by atomic mass is 19.3. The molecule has 0 radical (unpaired) electrons. The van der Waals surface area contributed by atoms with Gasteiger partial charge in [0.1, 0.15) is 6.04 Å². The molecule has 10 nitrogen and oxygen atoms in total. The average Bonchev–Trinajstić information content (AvgIpc) is 3.29. The molecule has 1 atom stereocenters. The van der Waals surface area contributed by atoms with Gasteiger partial charge in [0, 0.05) is 49.6 Å². The Bertz CT molecular complexity index is 1640. The molecular weight excluding hydrogens is 482 g/mol. The number of amides is 1. The van der Waals surface area contributed by atoms with E-state index in [9.17, 15) is 13.6 Å². The van der Waals surface area contributed by atoms with Crippen molar-refractivity contribution in [3.8, 4) is 11.5 Å². The van der Waals surface area contributed by atoms with Crippen LogP contribution in [0.5, 0.6) is 0 Å². The lowest BCUT2D eigenvalue weighted by atomic mass is 9.98. The van der Waals surface area contributed by atoms with Crippen molar-refractivity contribution in [2.75, 3.05) is 6.54 Å². The number of carbonyl (C=O) groups excluding carboxylic acids is 1. The number of halogens is 2. The lowest BCUT2D eigenvalue weighted by Crippen LogP contribution is -2.41. The summed E-state index contributed by atoms with van der Waals surface area (Å²) in [6, 6.07) is 3.85. The van der Waals surface area contributed by atoms with E-state index in [1.807, 2.05) is 0 Å². The van der Waals surface area contributed by atoms with Gasteiger partial charge >= 0.3 is 0 Å². The number of pyridine rings is 1. The highest BCUT2D eigenvalue weighted by Crippen LogP contribution is 2.44. The third kappa shape index (κ3) is 3.54. The summed E-state index contributed by atoms with van der Waals surface area (Å²) in [5.41, 5.74) is 3.48. The number of aromatic nitrogens is 7. The quantitative estimate of drug-likeness (QED) is 0.387. The van der Waals surface area contributed by atoms with Crippen molar-refractivity contribution in [2.45, 2.75) is 37.6 Å². The zero-order chi connectivity index (χ0) is 25.3. The predicted molar refractivity (Wildman–Crippen MR) is 126 cm³/mol. The maximum Gasteiger partial charge on any atom is 0.292 e. The Labute approximate surface area is 208 Å². The average molecular weight is 505 g/mol.